The monoisotopic (exact) mass is 444 g/mol. The number of aliphatic hydroxyl groups excluding tert-OH is 1. The van der Waals surface area contributed by atoms with Crippen molar-refractivity contribution in [1.29, 1.82) is 0 Å². The SMILES string of the molecule is CN1CCN=C1N/N=C/CC[C@H]1CC[C@]2(O)[C@@H]3CC[C@@H]4C[C@@H](O)CC[C@]4(C)[C@H]3CC[C@]12C. The number of hydrogen-bond acceptors (Lipinski definition) is 6. The van der Waals surface area contributed by atoms with Crippen molar-refractivity contribution in [2.45, 2.75) is 96.2 Å². The van der Waals surface area contributed by atoms with E-state index in [-0.39, 0.29) is 11.5 Å². The Hall–Kier alpha value is -1.14. The van der Waals surface area contributed by atoms with Crippen LogP contribution in [0.5, 0.6) is 0 Å². The lowest BCUT2D eigenvalue weighted by Crippen LogP contribution is -2.62. The van der Waals surface area contributed by atoms with E-state index >= 15 is 0 Å². The van der Waals surface area contributed by atoms with Crippen molar-refractivity contribution in [3.05, 3.63) is 0 Å². The van der Waals surface area contributed by atoms with Crippen LogP contribution in [0.15, 0.2) is 10.1 Å². The number of guanidine groups is 1. The topological polar surface area (TPSA) is 80.5 Å². The zero-order valence-corrected chi connectivity index (χ0v) is 20.4. The summed E-state index contributed by atoms with van der Waals surface area (Å²) in [6.07, 6.45) is 13.9. The summed E-state index contributed by atoms with van der Waals surface area (Å²) in [5, 5.41) is 26.9. The smallest absolute Gasteiger partial charge is 0.214 e. The van der Waals surface area contributed by atoms with E-state index in [1.54, 1.807) is 0 Å². The maximum absolute atomic E-state index is 12.3. The van der Waals surface area contributed by atoms with Crippen molar-refractivity contribution in [2.75, 3.05) is 20.1 Å². The first-order chi connectivity index (χ1) is 15.3. The number of hydrogen-bond donors (Lipinski definition) is 3. The van der Waals surface area contributed by atoms with Gasteiger partial charge >= 0.3 is 0 Å². The number of rotatable bonds is 4. The summed E-state index contributed by atoms with van der Waals surface area (Å²) >= 11 is 0. The van der Waals surface area contributed by atoms with Gasteiger partial charge in [-0.15, -0.1) is 0 Å². The molecule has 0 spiro atoms. The third-order valence-electron chi connectivity index (χ3n) is 11.0. The van der Waals surface area contributed by atoms with Gasteiger partial charge in [0.2, 0.25) is 5.96 Å². The predicted octanol–water partition coefficient (Wildman–Crippen LogP) is 3.78. The van der Waals surface area contributed by atoms with Crippen LogP contribution < -0.4 is 5.43 Å². The van der Waals surface area contributed by atoms with Gasteiger partial charge in [-0.25, -0.2) is 10.4 Å². The molecule has 0 aromatic heterocycles. The number of nitrogens with zero attached hydrogens (tertiary/aromatic N) is 3. The van der Waals surface area contributed by atoms with Crippen LogP contribution in [0.2, 0.25) is 0 Å². The molecule has 1 aliphatic heterocycles. The fourth-order valence-electron chi connectivity index (χ4n) is 8.87. The molecule has 0 unspecified atom stereocenters. The Morgan fingerprint density at radius 2 is 1.97 bits per heavy atom. The summed E-state index contributed by atoms with van der Waals surface area (Å²) in [6, 6.07) is 0. The molecule has 4 fully saturated rings. The molecule has 180 valence electrons. The van der Waals surface area contributed by atoms with Gasteiger partial charge in [0.05, 0.1) is 18.2 Å². The standard InChI is InChI=1S/C26H44N4O2/c1-24-11-9-20(31)17-19(24)6-7-22-21(24)10-12-25(2)18(8-13-26(22,25)32)5-4-14-28-29-23-27-15-16-30(23)3/h14,18-22,31-32H,4-13,15-17H2,1-3H3,(H,27,29)/b28-14+/t18-,19+,20-,21-,22+,24-,25+,26-/m0/s1. The molecule has 0 aromatic rings. The minimum Gasteiger partial charge on any atom is -0.393 e. The lowest BCUT2D eigenvalue weighted by Gasteiger charge is -2.63. The summed E-state index contributed by atoms with van der Waals surface area (Å²) in [5.74, 6) is 3.14. The molecule has 5 aliphatic rings. The average molecular weight is 445 g/mol. The highest BCUT2D eigenvalue weighted by atomic mass is 16.3. The summed E-state index contributed by atoms with van der Waals surface area (Å²) < 4.78 is 0. The molecule has 3 N–H and O–H groups in total. The van der Waals surface area contributed by atoms with E-state index in [2.05, 4.69) is 34.3 Å². The van der Waals surface area contributed by atoms with E-state index in [1.807, 2.05) is 13.3 Å². The van der Waals surface area contributed by atoms with Crippen molar-refractivity contribution in [1.82, 2.24) is 10.3 Å². The molecule has 4 aliphatic carbocycles. The third kappa shape index (κ3) is 3.43. The van der Waals surface area contributed by atoms with Crippen molar-refractivity contribution in [3.63, 3.8) is 0 Å². The fraction of sp³-hybridized carbons (Fsp3) is 0.923. The number of aliphatic imine (C=N–C) groups is 1. The molecule has 0 bridgehead atoms. The fourth-order valence-corrected chi connectivity index (χ4v) is 8.87. The molecular formula is C26H44N4O2. The van der Waals surface area contributed by atoms with Gasteiger partial charge in [-0.1, -0.05) is 13.8 Å². The van der Waals surface area contributed by atoms with Crippen LogP contribution in [0.4, 0.5) is 0 Å². The van der Waals surface area contributed by atoms with E-state index in [4.69, 9.17) is 0 Å². The molecule has 32 heavy (non-hydrogen) atoms. The number of hydrazone groups is 1. The zero-order valence-electron chi connectivity index (χ0n) is 20.4. The van der Waals surface area contributed by atoms with Gasteiger partial charge in [0, 0.05) is 19.8 Å². The van der Waals surface area contributed by atoms with E-state index < -0.39 is 5.60 Å². The highest BCUT2D eigenvalue weighted by Gasteiger charge is 2.66. The van der Waals surface area contributed by atoms with Crippen LogP contribution in [0, 0.1) is 34.5 Å². The Balaban J connectivity index is 1.23. The van der Waals surface area contributed by atoms with Crippen LogP contribution in [-0.2, 0) is 0 Å². The van der Waals surface area contributed by atoms with E-state index in [0.29, 0.717) is 29.1 Å². The Bertz CT molecular complexity index is 771. The molecule has 0 aromatic carbocycles. The summed E-state index contributed by atoms with van der Waals surface area (Å²) in [5.41, 5.74) is 2.91. The number of nitrogens with one attached hydrogen (secondary N) is 1. The second kappa shape index (κ2) is 8.26. The zero-order chi connectivity index (χ0) is 22.6. The average Bonchev–Trinajstić information content (AvgIpc) is 3.29. The van der Waals surface area contributed by atoms with Gasteiger partial charge in [0.25, 0.3) is 0 Å². The van der Waals surface area contributed by atoms with Crippen molar-refractivity contribution >= 4 is 12.2 Å². The van der Waals surface area contributed by atoms with Crippen molar-refractivity contribution in [2.24, 2.45) is 44.6 Å². The van der Waals surface area contributed by atoms with Crippen LogP contribution in [0.3, 0.4) is 0 Å². The van der Waals surface area contributed by atoms with Crippen molar-refractivity contribution in [3.8, 4) is 0 Å². The maximum Gasteiger partial charge on any atom is 0.214 e. The van der Waals surface area contributed by atoms with E-state index in [0.717, 1.165) is 76.8 Å². The first-order valence-corrected chi connectivity index (χ1v) is 13.2. The molecule has 8 atom stereocenters. The third-order valence-corrected chi connectivity index (χ3v) is 11.0. The second-order valence-electron chi connectivity index (χ2n) is 12.2. The largest absolute Gasteiger partial charge is 0.393 e. The van der Waals surface area contributed by atoms with Gasteiger partial charge in [0.15, 0.2) is 0 Å². The molecule has 0 saturated heterocycles. The molecule has 6 nitrogen and oxygen atoms in total. The maximum atomic E-state index is 12.3. The highest BCUT2D eigenvalue weighted by Crippen LogP contribution is 2.69. The summed E-state index contributed by atoms with van der Waals surface area (Å²) in [6.45, 7) is 6.70. The lowest BCUT2D eigenvalue weighted by atomic mass is 9.43. The van der Waals surface area contributed by atoms with Gasteiger partial charge < -0.3 is 15.1 Å². The van der Waals surface area contributed by atoms with Gasteiger partial charge in [-0.2, -0.15) is 5.10 Å². The number of aliphatic hydroxyl groups is 2. The van der Waals surface area contributed by atoms with Crippen molar-refractivity contribution < 1.29 is 10.2 Å². The van der Waals surface area contributed by atoms with Crippen LogP contribution in [0.25, 0.3) is 0 Å². The van der Waals surface area contributed by atoms with E-state index in [1.165, 1.54) is 12.8 Å². The number of fused-ring (bicyclic) bond motifs is 5. The Kier molecular flexibility index (Phi) is 5.85. The van der Waals surface area contributed by atoms with E-state index in [9.17, 15) is 10.2 Å². The lowest BCUT2D eigenvalue weighted by molar-refractivity contribution is -0.210. The van der Waals surface area contributed by atoms with Crippen LogP contribution in [-0.4, -0.2) is 59.1 Å². The first kappa shape index (κ1) is 22.6. The minimum absolute atomic E-state index is 0.0303. The normalized spacial score (nSPS) is 48.3. The second-order valence-corrected chi connectivity index (χ2v) is 12.2. The molecule has 4 saturated carbocycles. The molecule has 1 heterocycles. The first-order valence-electron chi connectivity index (χ1n) is 13.2. The van der Waals surface area contributed by atoms with Gasteiger partial charge in [-0.3, -0.25) is 0 Å². The Morgan fingerprint density at radius 3 is 2.75 bits per heavy atom. The molecule has 0 amide bonds. The summed E-state index contributed by atoms with van der Waals surface area (Å²) in [4.78, 5) is 6.51. The van der Waals surface area contributed by atoms with Gasteiger partial charge in [0.1, 0.15) is 0 Å². The van der Waals surface area contributed by atoms with Crippen LogP contribution in [0.1, 0.15) is 84.5 Å². The molecule has 0 radical (unpaired) electrons. The minimum atomic E-state index is -0.513. The quantitative estimate of drug-likeness (QED) is 0.455. The Morgan fingerprint density at radius 1 is 1.12 bits per heavy atom. The highest BCUT2D eigenvalue weighted by molar-refractivity contribution is 5.81. The molecule has 5 rings (SSSR count). The predicted molar refractivity (Wildman–Crippen MR) is 128 cm³/mol. The Labute approximate surface area is 193 Å². The van der Waals surface area contributed by atoms with Gasteiger partial charge in [-0.05, 0) is 105 Å². The van der Waals surface area contributed by atoms with Crippen LogP contribution >= 0.6 is 0 Å². The summed E-state index contributed by atoms with van der Waals surface area (Å²) in [7, 11) is 2.04. The molecule has 6 heteroatoms. The molecular weight excluding hydrogens is 400 g/mol. The number of likely N-dealkylation sites (N-methyl/N-ethyl adjacent to an activating group) is 1.